The number of hydrogen-bond donors (Lipinski definition) is 1. The smallest absolute Gasteiger partial charge is 0.315 e. The number of hydrogen-bond acceptors (Lipinski definition) is 6. The van der Waals surface area contributed by atoms with Gasteiger partial charge in [-0.25, -0.2) is 0 Å². The predicted molar refractivity (Wildman–Crippen MR) is 47.7 cm³/mol. The molecule has 2 aromatic heterocycles. The van der Waals surface area contributed by atoms with E-state index in [1.54, 1.807) is 6.07 Å². The lowest BCUT2D eigenvalue weighted by Gasteiger charge is -1.94. The molecule has 2 heterocycles. The SMILES string of the molecule is ClCc1nnc(NCc2ccon2)o1. The van der Waals surface area contributed by atoms with Gasteiger partial charge in [-0.15, -0.1) is 16.7 Å². The molecule has 7 heteroatoms. The third-order valence-electron chi connectivity index (χ3n) is 1.49. The van der Waals surface area contributed by atoms with Gasteiger partial charge in [0.05, 0.1) is 6.54 Å². The topological polar surface area (TPSA) is 77.0 Å². The van der Waals surface area contributed by atoms with E-state index >= 15 is 0 Å². The maximum Gasteiger partial charge on any atom is 0.315 e. The normalized spacial score (nSPS) is 10.4. The van der Waals surface area contributed by atoms with E-state index in [1.807, 2.05) is 0 Å². The van der Waals surface area contributed by atoms with E-state index in [0.717, 1.165) is 5.69 Å². The Morgan fingerprint density at radius 2 is 2.36 bits per heavy atom. The molecule has 0 fully saturated rings. The highest BCUT2D eigenvalue weighted by Gasteiger charge is 2.04. The number of rotatable bonds is 4. The largest absolute Gasteiger partial charge is 0.407 e. The monoisotopic (exact) mass is 214 g/mol. The minimum Gasteiger partial charge on any atom is -0.407 e. The van der Waals surface area contributed by atoms with Gasteiger partial charge in [-0.2, -0.15) is 0 Å². The van der Waals surface area contributed by atoms with Crippen LogP contribution in [0, 0.1) is 0 Å². The van der Waals surface area contributed by atoms with Crippen molar-refractivity contribution in [3.05, 3.63) is 23.9 Å². The number of aromatic nitrogens is 3. The van der Waals surface area contributed by atoms with Crippen LogP contribution in [0.3, 0.4) is 0 Å². The first kappa shape index (κ1) is 9.01. The number of anilines is 1. The van der Waals surface area contributed by atoms with Gasteiger partial charge in [-0.3, -0.25) is 0 Å². The Bertz CT molecular complexity index is 386. The standard InChI is InChI=1S/C7H7ClN4O2/c8-3-6-10-11-7(14-6)9-4-5-1-2-13-12-5/h1-2H,3-4H2,(H,9,11). The molecule has 0 aliphatic rings. The maximum atomic E-state index is 5.49. The summed E-state index contributed by atoms with van der Waals surface area (Å²) in [6.07, 6.45) is 1.50. The fraction of sp³-hybridized carbons (Fsp3) is 0.286. The summed E-state index contributed by atoms with van der Waals surface area (Å²) in [6, 6.07) is 2.06. The van der Waals surface area contributed by atoms with Crippen molar-refractivity contribution in [3.63, 3.8) is 0 Å². The maximum absolute atomic E-state index is 5.49. The van der Waals surface area contributed by atoms with Crippen molar-refractivity contribution < 1.29 is 8.94 Å². The molecule has 0 aliphatic carbocycles. The van der Waals surface area contributed by atoms with Crippen LogP contribution >= 0.6 is 11.6 Å². The van der Waals surface area contributed by atoms with Crippen molar-refractivity contribution in [1.82, 2.24) is 15.4 Å². The molecular weight excluding hydrogens is 208 g/mol. The Balaban J connectivity index is 1.92. The second-order valence-electron chi connectivity index (χ2n) is 2.48. The summed E-state index contributed by atoms with van der Waals surface area (Å²) in [4.78, 5) is 0. The first-order chi connectivity index (χ1) is 6.88. The lowest BCUT2D eigenvalue weighted by atomic mass is 10.4. The third kappa shape index (κ3) is 2.02. The van der Waals surface area contributed by atoms with Crippen molar-refractivity contribution >= 4 is 17.6 Å². The van der Waals surface area contributed by atoms with E-state index in [0.29, 0.717) is 18.5 Å². The Morgan fingerprint density at radius 3 is 3.00 bits per heavy atom. The highest BCUT2D eigenvalue weighted by molar-refractivity contribution is 6.16. The Hall–Kier alpha value is -1.56. The van der Waals surface area contributed by atoms with Gasteiger partial charge in [0.2, 0.25) is 5.89 Å². The Morgan fingerprint density at radius 1 is 1.43 bits per heavy atom. The molecule has 74 valence electrons. The third-order valence-corrected chi connectivity index (χ3v) is 1.72. The Kier molecular flexibility index (Phi) is 2.64. The van der Waals surface area contributed by atoms with Crippen molar-refractivity contribution in [2.24, 2.45) is 0 Å². The molecule has 0 bridgehead atoms. The lowest BCUT2D eigenvalue weighted by molar-refractivity contribution is 0.412. The van der Waals surface area contributed by atoms with Gasteiger partial charge < -0.3 is 14.3 Å². The predicted octanol–water partition coefficient (Wildman–Crippen LogP) is 1.41. The van der Waals surface area contributed by atoms with Gasteiger partial charge >= 0.3 is 6.01 Å². The van der Waals surface area contributed by atoms with Crippen LogP contribution in [-0.4, -0.2) is 15.4 Å². The summed E-state index contributed by atoms with van der Waals surface area (Å²) in [7, 11) is 0. The van der Waals surface area contributed by atoms with Crippen LogP contribution in [-0.2, 0) is 12.4 Å². The lowest BCUT2D eigenvalue weighted by Crippen LogP contribution is -1.99. The van der Waals surface area contributed by atoms with Crippen molar-refractivity contribution in [2.75, 3.05) is 5.32 Å². The first-order valence-electron chi connectivity index (χ1n) is 3.90. The van der Waals surface area contributed by atoms with E-state index in [1.165, 1.54) is 6.26 Å². The zero-order valence-corrected chi connectivity index (χ0v) is 7.86. The molecule has 0 spiro atoms. The van der Waals surface area contributed by atoms with Crippen LogP contribution in [0.4, 0.5) is 6.01 Å². The van der Waals surface area contributed by atoms with Crippen molar-refractivity contribution in [2.45, 2.75) is 12.4 Å². The average molecular weight is 215 g/mol. The summed E-state index contributed by atoms with van der Waals surface area (Å²) in [6.45, 7) is 0.473. The Labute approximate surface area is 84.2 Å². The fourth-order valence-corrected chi connectivity index (χ4v) is 0.982. The van der Waals surface area contributed by atoms with Crippen LogP contribution in [0.5, 0.6) is 0 Å². The molecule has 14 heavy (non-hydrogen) atoms. The number of nitrogens with zero attached hydrogens (tertiary/aromatic N) is 3. The summed E-state index contributed by atoms with van der Waals surface area (Å²) in [5.74, 6) is 0.591. The molecule has 1 N–H and O–H groups in total. The van der Waals surface area contributed by atoms with Crippen molar-refractivity contribution in [3.8, 4) is 0 Å². The van der Waals surface area contributed by atoms with E-state index in [-0.39, 0.29) is 5.88 Å². The molecule has 0 amide bonds. The van der Waals surface area contributed by atoms with Gasteiger partial charge in [0.25, 0.3) is 0 Å². The molecular formula is C7H7ClN4O2. The first-order valence-corrected chi connectivity index (χ1v) is 4.43. The van der Waals surface area contributed by atoms with E-state index < -0.39 is 0 Å². The van der Waals surface area contributed by atoms with Crippen LogP contribution in [0.25, 0.3) is 0 Å². The van der Waals surface area contributed by atoms with E-state index in [2.05, 4.69) is 25.2 Å². The molecule has 0 unspecified atom stereocenters. The van der Waals surface area contributed by atoms with E-state index in [9.17, 15) is 0 Å². The summed E-state index contributed by atoms with van der Waals surface area (Å²) < 4.78 is 9.76. The van der Waals surface area contributed by atoms with Crippen LogP contribution in [0.2, 0.25) is 0 Å². The molecule has 6 nitrogen and oxygen atoms in total. The van der Waals surface area contributed by atoms with Gasteiger partial charge in [-0.1, -0.05) is 10.3 Å². The molecule has 2 rings (SSSR count). The quantitative estimate of drug-likeness (QED) is 0.776. The fourth-order valence-electron chi connectivity index (χ4n) is 0.874. The number of alkyl halides is 1. The minimum atomic E-state index is 0.207. The summed E-state index contributed by atoms with van der Waals surface area (Å²) >= 11 is 5.49. The zero-order valence-electron chi connectivity index (χ0n) is 7.11. The van der Waals surface area contributed by atoms with Crippen LogP contribution in [0.15, 0.2) is 21.3 Å². The summed E-state index contributed by atoms with van der Waals surface area (Å²) in [5, 5.41) is 14.0. The minimum absolute atomic E-state index is 0.207. The van der Waals surface area contributed by atoms with Crippen molar-refractivity contribution in [1.29, 1.82) is 0 Å². The second-order valence-corrected chi connectivity index (χ2v) is 2.75. The molecule has 0 aliphatic heterocycles. The van der Waals surface area contributed by atoms with E-state index in [4.69, 9.17) is 16.0 Å². The van der Waals surface area contributed by atoms with Gasteiger partial charge in [0.1, 0.15) is 17.8 Å². The molecule has 0 aromatic carbocycles. The second kappa shape index (κ2) is 4.10. The molecule has 0 saturated carbocycles. The summed E-state index contributed by atoms with van der Waals surface area (Å²) in [5.41, 5.74) is 0.760. The highest BCUT2D eigenvalue weighted by atomic mass is 35.5. The number of halogens is 1. The molecule has 0 saturated heterocycles. The highest BCUT2D eigenvalue weighted by Crippen LogP contribution is 2.08. The van der Waals surface area contributed by atoms with Crippen LogP contribution in [0.1, 0.15) is 11.6 Å². The van der Waals surface area contributed by atoms with Gasteiger partial charge in [0.15, 0.2) is 0 Å². The van der Waals surface area contributed by atoms with Gasteiger partial charge in [0, 0.05) is 6.07 Å². The average Bonchev–Trinajstić information content (AvgIpc) is 2.86. The zero-order chi connectivity index (χ0) is 9.80. The molecule has 0 radical (unpaired) electrons. The van der Waals surface area contributed by atoms with Crippen LogP contribution < -0.4 is 5.32 Å². The number of nitrogens with one attached hydrogen (secondary N) is 1. The molecule has 2 aromatic rings. The molecule has 0 atom stereocenters. The van der Waals surface area contributed by atoms with Gasteiger partial charge in [-0.05, 0) is 0 Å².